The van der Waals surface area contributed by atoms with E-state index in [9.17, 15) is 0 Å². The second-order valence-corrected chi connectivity index (χ2v) is 5.60. The van der Waals surface area contributed by atoms with Crippen molar-refractivity contribution in [1.82, 2.24) is 15.5 Å². The van der Waals surface area contributed by atoms with Crippen LogP contribution in [0.5, 0.6) is 0 Å². The molecule has 2 heterocycles. The minimum Gasteiger partial charge on any atom is -0.355 e. The Balaban J connectivity index is 1.83. The Morgan fingerprint density at radius 1 is 1.32 bits per heavy atom. The SMILES string of the molecule is CCCNC(C)C1CCN(c2ccc(C)nn2)CC1. The Kier molecular flexibility index (Phi) is 5.14. The number of anilines is 1. The molecule has 4 nitrogen and oxygen atoms in total. The molecule has 1 N–H and O–H groups in total. The average molecular weight is 262 g/mol. The summed E-state index contributed by atoms with van der Waals surface area (Å²) >= 11 is 0. The van der Waals surface area contributed by atoms with E-state index in [1.165, 1.54) is 19.3 Å². The first kappa shape index (κ1) is 14.3. The number of hydrogen-bond donors (Lipinski definition) is 1. The summed E-state index contributed by atoms with van der Waals surface area (Å²) in [6, 6.07) is 4.76. The highest BCUT2D eigenvalue weighted by molar-refractivity contribution is 5.37. The minimum atomic E-state index is 0.631. The Morgan fingerprint density at radius 3 is 2.63 bits per heavy atom. The fourth-order valence-corrected chi connectivity index (χ4v) is 2.73. The van der Waals surface area contributed by atoms with Crippen LogP contribution in [0.3, 0.4) is 0 Å². The molecule has 1 aromatic heterocycles. The molecule has 4 heteroatoms. The van der Waals surface area contributed by atoms with Crippen LogP contribution >= 0.6 is 0 Å². The van der Waals surface area contributed by atoms with Crippen LogP contribution in [-0.4, -0.2) is 35.9 Å². The van der Waals surface area contributed by atoms with Gasteiger partial charge in [0, 0.05) is 19.1 Å². The molecule has 0 aliphatic carbocycles. The fourth-order valence-electron chi connectivity index (χ4n) is 2.73. The van der Waals surface area contributed by atoms with Crippen LogP contribution in [0, 0.1) is 12.8 Å². The number of piperidine rings is 1. The molecule has 2 rings (SSSR count). The van der Waals surface area contributed by atoms with E-state index < -0.39 is 0 Å². The van der Waals surface area contributed by atoms with E-state index >= 15 is 0 Å². The zero-order valence-corrected chi connectivity index (χ0v) is 12.4. The lowest BCUT2D eigenvalue weighted by Gasteiger charge is -2.35. The molecule has 1 unspecified atom stereocenters. The first-order valence-electron chi connectivity index (χ1n) is 7.49. The van der Waals surface area contributed by atoms with Gasteiger partial charge in [-0.2, -0.15) is 5.10 Å². The van der Waals surface area contributed by atoms with Gasteiger partial charge in [0.15, 0.2) is 5.82 Å². The Bertz CT molecular complexity index is 368. The van der Waals surface area contributed by atoms with Crippen molar-refractivity contribution in [2.24, 2.45) is 5.92 Å². The van der Waals surface area contributed by atoms with Gasteiger partial charge in [-0.05, 0) is 57.7 Å². The number of hydrogen-bond acceptors (Lipinski definition) is 4. The number of nitrogens with one attached hydrogen (secondary N) is 1. The third-order valence-corrected chi connectivity index (χ3v) is 4.07. The third kappa shape index (κ3) is 3.90. The summed E-state index contributed by atoms with van der Waals surface area (Å²) in [7, 11) is 0. The van der Waals surface area contributed by atoms with Crippen molar-refractivity contribution >= 4 is 5.82 Å². The Labute approximate surface area is 116 Å². The van der Waals surface area contributed by atoms with Crippen LogP contribution in [0.2, 0.25) is 0 Å². The molecule has 106 valence electrons. The summed E-state index contributed by atoms with van der Waals surface area (Å²) in [4.78, 5) is 2.36. The number of aryl methyl sites for hydroxylation is 1. The van der Waals surface area contributed by atoms with Crippen LogP contribution in [0.15, 0.2) is 12.1 Å². The van der Waals surface area contributed by atoms with Crippen molar-refractivity contribution in [2.45, 2.75) is 46.1 Å². The van der Waals surface area contributed by atoms with E-state index in [2.05, 4.69) is 40.3 Å². The lowest BCUT2D eigenvalue weighted by Crippen LogP contribution is -2.42. The van der Waals surface area contributed by atoms with Crippen LogP contribution in [-0.2, 0) is 0 Å². The van der Waals surface area contributed by atoms with E-state index in [0.717, 1.165) is 37.1 Å². The Morgan fingerprint density at radius 2 is 2.05 bits per heavy atom. The second-order valence-electron chi connectivity index (χ2n) is 5.60. The maximum atomic E-state index is 4.28. The summed E-state index contributed by atoms with van der Waals surface area (Å²) in [5.41, 5.74) is 0.982. The van der Waals surface area contributed by atoms with Gasteiger partial charge >= 0.3 is 0 Å². The smallest absolute Gasteiger partial charge is 0.151 e. The fraction of sp³-hybridized carbons (Fsp3) is 0.733. The maximum Gasteiger partial charge on any atom is 0.151 e. The highest BCUT2D eigenvalue weighted by Crippen LogP contribution is 2.23. The van der Waals surface area contributed by atoms with Crippen molar-refractivity contribution < 1.29 is 0 Å². The number of aromatic nitrogens is 2. The molecular formula is C15H26N4. The van der Waals surface area contributed by atoms with E-state index in [-0.39, 0.29) is 0 Å². The quantitative estimate of drug-likeness (QED) is 0.884. The monoisotopic (exact) mass is 262 g/mol. The van der Waals surface area contributed by atoms with Gasteiger partial charge in [0.1, 0.15) is 0 Å². The first-order chi connectivity index (χ1) is 9.20. The van der Waals surface area contributed by atoms with Gasteiger partial charge in [0.2, 0.25) is 0 Å². The van der Waals surface area contributed by atoms with Gasteiger partial charge in [0.05, 0.1) is 5.69 Å². The molecule has 0 spiro atoms. The van der Waals surface area contributed by atoms with Crippen LogP contribution in [0.4, 0.5) is 5.82 Å². The molecule has 1 fully saturated rings. The molecule has 0 radical (unpaired) electrons. The maximum absolute atomic E-state index is 4.28. The standard InChI is InChI=1S/C15H26N4/c1-4-9-16-13(3)14-7-10-19(11-8-14)15-6-5-12(2)17-18-15/h5-6,13-14,16H,4,7-11H2,1-3H3. The van der Waals surface area contributed by atoms with Gasteiger partial charge < -0.3 is 10.2 Å². The van der Waals surface area contributed by atoms with E-state index in [1.54, 1.807) is 0 Å². The second kappa shape index (κ2) is 6.85. The topological polar surface area (TPSA) is 41.0 Å². The normalized spacial score (nSPS) is 18.6. The van der Waals surface area contributed by atoms with E-state index in [0.29, 0.717) is 6.04 Å². The lowest BCUT2D eigenvalue weighted by atomic mass is 9.90. The highest BCUT2D eigenvalue weighted by atomic mass is 15.3. The van der Waals surface area contributed by atoms with Crippen molar-refractivity contribution in [3.8, 4) is 0 Å². The first-order valence-corrected chi connectivity index (χ1v) is 7.49. The van der Waals surface area contributed by atoms with Gasteiger partial charge in [-0.25, -0.2) is 0 Å². The van der Waals surface area contributed by atoms with Crippen LogP contribution < -0.4 is 10.2 Å². The molecule has 0 bridgehead atoms. The molecular weight excluding hydrogens is 236 g/mol. The van der Waals surface area contributed by atoms with Gasteiger partial charge in [-0.3, -0.25) is 0 Å². The molecule has 1 aliphatic heterocycles. The summed E-state index contributed by atoms with van der Waals surface area (Å²) in [6.07, 6.45) is 3.70. The largest absolute Gasteiger partial charge is 0.355 e. The molecule has 19 heavy (non-hydrogen) atoms. The van der Waals surface area contributed by atoms with Crippen molar-refractivity contribution in [3.05, 3.63) is 17.8 Å². The summed E-state index contributed by atoms with van der Waals surface area (Å²) in [6.45, 7) is 9.84. The van der Waals surface area contributed by atoms with Crippen molar-refractivity contribution in [2.75, 3.05) is 24.5 Å². The molecule has 1 aliphatic rings. The molecule has 0 amide bonds. The lowest BCUT2D eigenvalue weighted by molar-refractivity contribution is 0.310. The predicted molar refractivity (Wildman–Crippen MR) is 79.5 cm³/mol. The Hall–Kier alpha value is -1.16. The predicted octanol–water partition coefficient (Wildman–Crippen LogP) is 2.39. The molecule has 0 saturated carbocycles. The minimum absolute atomic E-state index is 0.631. The molecule has 1 atom stereocenters. The third-order valence-electron chi connectivity index (χ3n) is 4.07. The highest BCUT2D eigenvalue weighted by Gasteiger charge is 2.24. The zero-order valence-electron chi connectivity index (χ0n) is 12.4. The zero-order chi connectivity index (χ0) is 13.7. The summed E-state index contributed by atoms with van der Waals surface area (Å²) in [5.74, 6) is 1.82. The van der Waals surface area contributed by atoms with Crippen LogP contribution in [0.1, 0.15) is 38.8 Å². The summed E-state index contributed by atoms with van der Waals surface area (Å²) < 4.78 is 0. The average Bonchev–Trinajstić information content (AvgIpc) is 2.46. The number of rotatable bonds is 5. The molecule has 1 aromatic rings. The van der Waals surface area contributed by atoms with Gasteiger partial charge in [0.25, 0.3) is 0 Å². The molecule has 1 saturated heterocycles. The van der Waals surface area contributed by atoms with Crippen LogP contribution in [0.25, 0.3) is 0 Å². The molecule has 0 aromatic carbocycles. The van der Waals surface area contributed by atoms with Gasteiger partial charge in [-0.15, -0.1) is 5.10 Å². The van der Waals surface area contributed by atoms with Crippen molar-refractivity contribution in [3.63, 3.8) is 0 Å². The van der Waals surface area contributed by atoms with Gasteiger partial charge in [-0.1, -0.05) is 6.92 Å². The van der Waals surface area contributed by atoms with E-state index in [1.807, 2.05) is 13.0 Å². The number of nitrogens with zero attached hydrogens (tertiary/aromatic N) is 3. The van der Waals surface area contributed by atoms with Crippen molar-refractivity contribution in [1.29, 1.82) is 0 Å². The van der Waals surface area contributed by atoms with E-state index in [4.69, 9.17) is 0 Å². The summed E-state index contributed by atoms with van der Waals surface area (Å²) in [5, 5.41) is 12.0.